The lowest BCUT2D eigenvalue weighted by molar-refractivity contribution is -0.137. The Kier molecular flexibility index (Phi) is 2.39. The van der Waals surface area contributed by atoms with E-state index in [0.717, 1.165) is 16.6 Å². The number of hydrogen-bond acceptors (Lipinski definition) is 3. The zero-order valence-electron chi connectivity index (χ0n) is 7.97. The number of aliphatic carboxylic acids is 1. The molecule has 0 unspecified atom stereocenters. The number of nitrogens with two attached hydrogens (primary N) is 1. The highest BCUT2D eigenvalue weighted by Crippen LogP contribution is 2.22. The summed E-state index contributed by atoms with van der Waals surface area (Å²) in [4.78, 5) is 17.7. The number of nitrogens with zero attached hydrogens (tertiary/aromatic N) is 1. The first-order valence-corrected chi connectivity index (χ1v) is 4.58. The minimum atomic E-state index is -0.909. The first-order valence-electron chi connectivity index (χ1n) is 4.58. The molecule has 0 fully saturated rings. The zero-order valence-corrected chi connectivity index (χ0v) is 7.97. The Balaban J connectivity index is 2.39. The van der Waals surface area contributed by atoms with Gasteiger partial charge in [-0.2, -0.15) is 0 Å². The molecule has 0 saturated carbocycles. The molecular weight excluding hydrogens is 194 g/mol. The van der Waals surface area contributed by atoms with Gasteiger partial charge in [0.1, 0.15) is 0 Å². The standard InChI is InChI=1S/C10H11N3O2/c11-7(4-9(14)15)6-5-13-8-2-1-3-12-10(6)8/h1-3,5,7,13H,4,11H2,(H,14,15)/t7-/m0/s1. The summed E-state index contributed by atoms with van der Waals surface area (Å²) in [6.07, 6.45) is 3.28. The molecule has 15 heavy (non-hydrogen) atoms. The number of hydrogen-bond donors (Lipinski definition) is 3. The first kappa shape index (κ1) is 9.67. The summed E-state index contributed by atoms with van der Waals surface area (Å²) in [5.41, 5.74) is 8.12. The van der Waals surface area contributed by atoms with Crippen LogP contribution in [0.1, 0.15) is 18.0 Å². The van der Waals surface area contributed by atoms with Crippen molar-refractivity contribution in [3.63, 3.8) is 0 Å². The molecule has 0 aliphatic carbocycles. The fraction of sp³-hybridized carbons (Fsp3) is 0.200. The van der Waals surface area contributed by atoms with Crippen LogP contribution in [-0.4, -0.2) is 21.0 Å². The van der Waals surface area contributed by atoms with Crippen molar-refractivity contribution in [1.82, 2.24) is 9.97 Å². The molecule has 0 saturated heterocycles. The third-order valence-corrected chi connectivity index (χ3v) is 2.26. The number of fused-ring (bicyclic) bond motifs is 1. The van der Waals surface area contributed by atoms with Gasteiger partial charge < -0.3 is 15.8 Å². The topological polar surface area (TPSA) is 92.0 Å². The number of carboxylic acid groups (broad SMARTS) is 1. The lowest BCUT2D eigenvalue weighted by Crippen LogP contribution is -2.14. The van der Waals surface area contributed by atoms with Crippen molar-refractivity contribution in [1.29, 1.82) is 0 Å². The number of H-pyrrole nitrogens is 1. The van der Waals surface area contributed by atoms with Gasteiger partial charge in [-0.3, -0.25) is 9.78 Å². The summed E-state index contributed by atoms with van der Waals surface area (Å²) < 4.78 is 0. The number of nitrogens with one attached hydrogen (secondary N) is 1. The van der Waals surface area contributed by atoms with Crippen LogP contribution in [0.2, 0.25) is 0 Å². The fourth-order valence-corrected chi connectivity index (χ4v) is 1.56. The molecule has 78 valence electrons. The van der Waals surface area contributed by atoms with Gasteiger partial charge in [-0.1, -0.05) is 0 Å². The summed E-state index contributed by atoms with van der Waals surface area (Å²) in [6.45, 7) is 0. The Labute approximate surface area is 85.9 Å². The number of carbonyl (C=O) groups is 1. The molecule has 5 nitrogen and oxygen atoms in total. The molecule has 0 amide bonds. The maximum absolute atomic E-state index is 10.5. The summed E-state index contributed by atoms with van der Waals surface area (Å²) in [5, 5.41) is 8.64. The van der Waals surface area contributed by atoms with Gasteiger partial charge in [-0.15, -0.1) is 0 Å². The van der Waals surface area contributed by atoms with E-state index in [1.807, 2.05) is 12.1 Å². The lowest BCUT2D eigenvalue weighted by Gasteiger charge is -2.06. The molecule has 2 rings (SSSR count). The predicted molar refractivity (Wildman–Crippen MR) is 55.3 cm³/mol. The van der Waals surface area contributed by atoms with Crippen LogP contribution in [0.5, 0.6) is 0 Å². The summed E-state index contributed by atoms with van der Waals surface area (Å²) in [7, 11) is 0. The van der Waals surface area contributed by atoms with Crippen LogP contribution < -0.4 is 5.73 Å². The first-order chi connectivity index (χ1) is 7.18. The molecule has 0 aliphatic heterocycles. The van der Waals surface area contributed by atoms with Crippen LogP contribution in [-0.2, 0) is 4.79 Å². The highest BCUT2D eigenvalue weighted by Gasteiger charge is 2.15. The SMILES string of the molecule is N[C@@H](CC(=O)O)c1c[nH]c2cccnc12. The number of aromatic nitrogens is 2. The van der Waals surface area contributed by atoms with E-state index in [2.05, 4.69) is 9.97 Å². The molecule has 2 aromatic heterocycles. The highest BCUT2D eigenvalue weighted by molar-refractivity contribution is 5.80. The second kappa shape index (κ2) is 3.70. The molecule has 5 heteroatoms. The third kappa shape index (κ3) is 1.82. The number of pyridine rings is 1. The van der Waals surface area contributed by atoms with Crippen molar-refractivity contribution in [2.24, 2.45) is 5.73 Å². The average Bonchev–Trinajstić information content (AvgIpc) is 2.59. The Morgan fingerprint density at radius 3 is 3.20 bits per heavy atom. The van der Waals surface area contributed by atoms with Gasteiger partial charge in [0.25, 0.3) is 0 Å². The molecular formula is C10H11N3O2. The highest BCUT2D eigenvalue weighted by atomic mass is 16.4. The minimum absolute atomic E-state index is 0.0937. The maximum Gasteiger partial charge on any atom is 0.305 e. The smallest absolute Gasteiger partial charge is 0.305 e. The average molecular weight is 205 g/mol. The van der Waals surface area contributed by atoms with Crippen LogP contribution in [0, 0.1) is 0 Å². The van der Waals surface area contributed by atoms with Crippen LogP contribution in [0.4, 0.5) is 0 Å². The van der Waals surface area contributed by atoms with Crippen molar-refractivity contribution < 1.29 is 9.90 Å². The van der Waals surface area contributed by atoms with E-state index >= 15 is 0 Å². The van der Waals surface area contributed by atoms with Gasteiger partial charge in [0.15, 0.2) is 0 Å². The molecule has 2 heterocycles. The molecule has 0 radical (unpaired) electrons. The van der Waals surface area contributed by atoms with Crippen LogP contribution in [0.25, 0.3) is 11.0 Å². The summed E-state index contributed by atoms with van der Waals surface area (Å²) in [6, 6.07) is 3.16. The number of rotatable bonds is 3. The van der Waals surface area contributed by atoms with Gasteiger partial charge in [-0.05, 0) is 12.1 Å². The van der Waals surface area contributed by atoms with E-state index in [0.29, 0.717) is 0 Å². The van der Waals surface area contributed by atoms with Crippen molar-refractivity contribution in [2.75, 3.05) is 0 Å². The maximum atomic E-state index is 10.5. The van der Waals surface area contributed by atoms with E-state index in [-0.39, 0.29) is 6.42 Å². The second-order valence-electron chi connectivity index (χ2n) is 3.35. The normalized spacial score (nSPS) is 12.9. The lowest BCUT2D eigenvalue weighted by atomic mass is 10.1. The van der Waals surface area contributed by atoms with E-state index in [9.17, 15) is 4.79 Å². The molecule has 2 aromatic rings. The third-order valence-electron chi connectivity index (χ3n) is 2.26. The van der Waals surface area contributed by atoms with Crippen LogP contribution in [0.15, 0.2) is 24.5 Å². The summed E-state index contributed by atoms with van der Waals surface area (Å²) >= 11 is 0. The van der Waals surface area contributed by atoms with E-state index in [1.165, 1.54) is 0 Å². The number of aromatic amines is 1. The molecule has 0 spiro atoms. The van der Waals surface area contributed by atoms with E-state index < -0.39 is 12.0 Å². The quantitative estimate of drug-likeness (QED) is 0.698. The van der Waals surface area contributed by atoms with Crippen molar-refractivity contribution >= 4 is 17.0 Å². The molecule has 0 aromatic carbocycles. The molecule has 4 N–H and O–H groups in total. The Morgan fingerprint density at radius 2 is 2.47 bits per heavy atom. The largest absolute Gasteiger partial charge is 0.481 e. The van der Waals surface area contributed by atoms with Crippen molar-refractivity contribution in [2.45, 2.75) is 12.5 Å². The molecule has 0 bridgehead atoms. The van der Waals surface area contributed by atoms with Crippen molar-refractivity contribution in [3.8, 4) is 0 Å². The Morgan fingerprint density at radius 1 is 1.67 bits per heavy atom. The van der Waals surface area contributed by atoms with E-state index in [1.54, 1.807) is 12.4 Å². The minimum Gasteiger partial charge on any atom is -0.481 e. The Bertz CT molecular complexity index is 492. The fourth-order valence-electron chi connectivity index (χ4n) is 1.56. The molecule has 0 aliphatic rings. The van der Waals surface area contributed by atoms with Gasteiger partial charge in [0, 0.05) is 24.0 Å². The second-order valence-corrected chi connectivity index (χ2v) is 3.35. The monoisotopic (exact) mass is 205 g/mol. The summed E-state index contributed by atoms with van der Waals surface area (Å²) in [5.74, 6) is -0.909. The van der Waals surface area contributed by atoms with Gasteiger partial charge in [0.05, 0.1) is 17.5 Å². The van der Waals surface area contributed by atoms with Gasteiger partial charge >= 0.3 is 5.97 Å². The van der Waals surface area contributed by atoms with Crippen LogP contribution in [0.3, 0.4) is 0 Å². The number of carboxylic acids is 1. The van der Waals surface area contributed by atoms with Gasteiger partial charge in [0.2, 0.25) is 0 Å². The molecule has 1 atom stereocenters. The zero-order chi connectivity index (χ0) is 10.8. The Hall–Kier alpha value is -1.88. The van der Waals surface area contributed by atoms with Crippen molar-refractivity contribution in [3.05, 3.63) is 30.1 Å². The van der Waals surface area contributed by atoms with Crippen LogP contribution >= 0.6 is 0 Å². The van der Waals surface area contributed by atoms with E-state index in [4.69, 9.17) is 10.8 Å². The predicted octanol–water partition coefficient (Wildman–Crippen LogP) is 1.04. The van der Waals surface area contributed by atoms with Gasteiger partial charge in [-0.25, -0.2) is 0 Å².